The molecule has 0 N–H and O–H groups in total. The molecule has 0 rings (SSSR count). The minimum atomic E-state index is -2.38. The molecule has 0 spiro atoms. The molecule has 1 unspecified atom stereocenters. The van der Waals surface area contributed by atoms with Crippen molar-refractivity contribution in [2.45, 2.75) is 91.0 Å². The van der Waals surface area contributed by atoms with E-state index in [1.54, 1.807) is 0 Å². The maximum Gasteiger partial charge on any atom is 0.314 e. The monoisotopic (exact) mass is 506 g/mol. The Kier molecular flexibility index (Phi) is 11.2. The molecular formula is C15H43ClO5Si6. The fourth-order valence-electron chi connectivity index (χ4n) is 3.51. The largest absolute Gasteiger partial charge is 0.439 e. The summed E-state index contributed by atoms with van der Waals surface area (Å²) in [6, 6.07) is 1.09. The summed E-state index contributed by atoms with van der Waals surface area (Å²) in [5.41, 5.74) is 0. The van der Waals surface area contributed by atoms with Crippen molar-refractivity contribution in [3.63, 3.8) is 0 Å². The summed E-state index contributed by atoms with van der Waals surface area (Å²) in [5, 5.41) is 0. The second-order valence-corrected chi connectivity index (χ2v) is 32.1. The maximum atomic E-state index is 6.53. The van der Waals surface area contributed by atoms with Gasteiger partial charge in [0.25, 0.3) is 0 Å². The maximum absolute atomic E-state index is 6.53. The number of alkyl halides is 1. The lowest BCUT2D eigenvalue weighted by atomic mass is 10.6. The van der Waals surface area contributed by atoms with E-state index in [0.29, 0.717) is 5.88 Å². The summed E-state index contributed by atoms with van der Waals surface area (Å²) in [4.78, 5) is 0. The van der Waals surface area contributed by atoms with Crippen LogP contribution in [-0.4, -0.2) is 57.5 Å². The van der Waals surface area contributed by atoms with Gasteiger partial charge in [-0.15, -0.1) is 11.6 Å². The highest BCUT2D eigenvalue weighted by molar-refractivity contribution is 6.90. The molecule has 0 radical (unpaired) electrons. The van der Waals surface area contributed by atoms with Gasteiger partial charge in [0.05, 0.1) is 0 Å². The van der Waals surface area contributed by atoms with E-state index in [0.717, 1.165) is 12.5 Å². The molecular weight excluding hydrogens is 464 g/mol. The average molecular weight is 507 g/mol. The van der Waals surface area contributed by atoms with Crippen LogP contribution in [0.3, 0.4) is 0 Å². The van der Waals surface area contributed by atoms with Crippen LogP contribution in [-0.2, 0) is 20.6 Å². The van der Waals surface area contributed by atoms with Crippen molar-refractivity contribution < 1.29 is 20.6 Å². The van der Waals surface area contributed by atoms with Gasteiger partial charge in [0.15, 0.2) is 17.4 Å². The third-order valence-electron chi connectivity index (χ3n) is 3.26. The number of halogens is 1. The van der Waals surface area contributed by atoms with E-state index in [9.17, 15) is 0 Å². The third-order valence-corrected chi connectivity index (χ3v) is 24.8. The highest BCUT2D eigenvalue weighted by atomic mass is 35.5. The molecule has 0 bridgehead atoms. The van der Waals surface area contributed by atoms with Gasteiger partial charge >= 0.3 is 34.2 Å². The van der Waals surface area contributed by atoms with Gasteiger partial charge in [-0.1, -0.05) is 0 Å². The van der Waals surface area contributed by atoms with Crippen LogP contribution in [0.15, 0.2) is 0 Å². The number of hydrogen-bond donors (Lipinski definition) is 0. The molecule has 0 aliphatic heterocycles. The Morgan fingerprint density at radius 3 is 1.37 bits per heavy atom. The fourth-order valence-corrected chi connectivity index (χ4v) is 31.4. The summed E-state index contributed by atoms with van der Waals surface area (Å²) in [7, 11) is -12.1. The van der Waals surface area contributed by atoms with E-state index in [-0.39, 0.29) is 0 Å². The normalized spacial score (nSPS) is 15.9. The average Bonchev–Trinajstić information content (AvgIpc) is 2.26. The molecule has 1 atom stereocenters. The van der Waals surface area contributed by atoms with Gasteiger partial charge in [0.2, 0.25) is 0 Å². The molecule has 0 aliphatic carbocycles. The quantitative estimate of drug-likeness (QED) is 0.237. The predicted molar refractivity (Wildman–Crippen MR) is 132 cm³/mol. The molecule has 0 saturated heterocycles. The topological polar surface area (TPSA) is 46.2 Å². The van der Waals surface area contributed by atoms with Crippen LogP contribution in [0.1, 0.15) is 6.42 Å². The van der Waals surface area contributed by atoms with Crippen LogP contribution in [0.5, 0.6) is 0 Å². The third kappa shape index (κ3) is 14.9. The highest BCUT2D eigenvalue weighted by Crippen LogP contribution is 2.26. The van der Waals surface area contributed by atoms with Gasteiger partial charge in [-0.3, -0.25) is 0 Å². The van der Waals surface area contributed by atoms with Gasteiger partial charge in [0, 0.05) is 5.88 Å². The first-order valence-corrected chi connectivity index (χ1v) is 27.5. The smallest absolute Gasteiger partial charge is 0.314 e. The van der Waals surface area contributed by atoms with Gasteiger partial charge < -0.3 is 20.6 Å². The Morgan fingerprint density at radius 2 is 1.00 bits per heavy atom. The lowest BCUT2D eigenvalue weighted by molar-refractivity contribution is 0.283. The van der Waals surface area contributed by atoms with Crippen molar-refractivity contribution in [1.82, 2.24) is 0 Å². The minimum Gasteiger partial charge on any atom is -0.439 e. The molecule has 0 saturated carbocycles. The van der Waals surface area contributed by atoms with E-state index < -0.39 is 51.6 Å². The van der Waals surface area contributed by atoms with Crippen LogP contribution >= 0.6 is 11.6 Å². The lowest BCUT2D eigenvalue weighted by Crippen LogP contribution is -2.59. The molecule has 164 valence electrons. The summed E-state index contributed by atoms with van der Waals surface area (Å²) in [6.07, 6.45) is 1.02. The van der Waals surface area contributed by atoms with Crippen molar-refractivity contribution in [3.8, 4) is 0 Å². The molecule has 0 aromatic rings. The zero-order valence-corrected chi connectivity index (χ0v) is 26.5. The Balaban J connectivity index is 4.90. The zero-order chi connectivity index (χ0) is 21.7. The zero-order valence-electron chi connectivity index (χ0n) is 19.6. The van der Waals surface area contributed by atoms with E-state index in [1.165, 1.54) is 0 Å². The molecule has 0 aromatic carbocycles. The molecule has 0 amide bonds. The SMILES string of the molecule is C[SiH](CCCCl)O[Si](C)(C)O[Si](C)(C)O[Si](C)(C)O[Si](C)(C)O[Si](C)(C)C. The Hall–Kier alpha value is 1.39. The van der Waals surface area contributed by atoms with Gasteiger partial charge in [-0.05, 0) is 91.0 Å². The first-order chi connectivity index (χ1) is 11.8. The van der Waals surface area contributed by atoms with Crippen molar-refractivity contribution in [1.29, 1.82) is 0 Å². The van der Waals surface area contributed by atoms with Gasteiger partial charge in [-0.25, -0.2) is 0 Å². The molecule has 5 nitrogen and oxygen atoms in total. The molecule has 0 fully saturated rings. The molecule has 0 aromatic heterocycles. The van der Waals surface area contributed by atoms with E-state index >= 15 is 0 Å². The van der Waals surface area contributed by atoms with Crippen LogP contribution in [0.4, 0.5) is 0 Å². The van der Waals surface area contributed by atoms with E-state index in [1.807, 2.05) is 0 Å². The molecule has 0 aliphatic rings. The van der Waals surface area contributed by atoms with Crippen molar-refractivity contribution in [3.05, 3.63) is 0 Å². The minimum absolute atomic E-state index is 0.698. The van der Waals surface area contributed by atoms with E-state index in [2.05, 4.69) is 78.6 Å². The predicted octanol–water partition coefficient (Wildman–Crippen LogP) is 5.69. The standard InChI is InChI=1S/C15H43ClO5Si6/c1-22(15-13-14-16)17-24(5,6)19-26(9,10)21-27(11,12)20-25(7,8)18-23(2,3)4/h22H,13-15H2,1-12H3. The van der Waals surface area contributed by atoms with Crippen LogP contribution < -0.4 is 0 Å². The fraction of sp³-hybridized carbons (Fsp3) is 1.00. The van der Waals surface area contributed by atoms with Crippen molar-refractivity contribution >= 4 is 63.2 Å². The van der Waals surface area contributed by atoms with Crippen LogP contribution in [0.25, 0.3) is 0 Å². The van der Waals surface area contributed by atoms with Gasteiger partial charge in [0.1, 0.15) is 0 Å². The Labute approximate surface area is 180 Å². The van der Waals surface area contributed by atoms with Crippen molar-refractivity contribution in [2.24, 2.45) is 0 Å². The molecule has 0 heterocycles. The summed E-state index contributed by atoms with van der Waals surface area (Å²) in [6.45, 7) is 25.7. The first-order valence-electron chi connectivity index (χ1n) is 9.83. The Bertz CT molecular complexity index is 456. The molecule has 12 heteroatoms. The second-order valence-electron chi connectivity index (χ2n) is 9.88. The van der Waals surface area contributed by atoms with Crippen molar-refractivity contribution in [2.75, 3.05) is 5.88 Å². The number of rotatable bonds is 13. The summed E-state index contributed by atoms with van der Waals surface area (Å²) < 4.78 is 32.2. The lowest BCUT2D eigenvalue weighted by Gasteiger charge is -2.42. The molecule has 27 heavy (non-hydrogen) atoms. The highest BCUT2D eigenvalue weighted by Gasteiger charge is 2.45. The van der Waals surface area contributed by atoms with Crippen LogP contribution in [0.2, 0.25) is 84.6 Å². The second kappa shape index (κ2) is 10.6. The van der Waals surface area contributed by atoms with Crippen LogP contribution in [0, 0.1) is 0 Å². The van der Waals surface area contributed by atoms with Gasteiger partial charge in [-0.2, -0.15) is 0 Å². The first kappa shape index (κ1) is 28.4. The summed E-state index contributed by atoms with van der Waals surface area (Å²) >= 11 is 5.81. The van der Waals surface area contributed by atoms with E-state index in [4.69, 9.17) is 32.2 Å². The summed E-state index contributed by atoms with van der Waals surface area (Å²) in [5.74, 6) is 0.698. The number of hydrogen-bond acceptors (Lipinski definition) is 5. The Morgan fingerprint density at radius 1 is 0.630 bits per heavy atom.